The molecule has 0 heterocycles. The molecule has 0 N–H and O–H groups in total. The summed E-state index contributed by atoms with van der Waals surface area (Å²) < 4.78 is 0. The third kappa shape index (κ3) is 9.50. The molecule has 0 aliphatic heterocycles. The van der Waals surface area contributed by atoms with Gasteiger partial charge in [-0.15, -0.1) is 4.94 Å². The lowest BCUT2D eigenvalue weighted by Gasteiger charge is -1.72. The van der Waals surface area contributed by atoms with E-state index in [0.29, 0.717) is 12.4 Å². The van der Waals surface area contributed by atoms with Crippen molar-refractivity contribution in [3.8, 4) is 0 Å². The van der Waals surface area contributed by atoms with Gasteiger partial charge in [0.15, 0.2) is 11.9 Å². The zero-order valence-electron chi connectivity index (χ0n) is 5.98. The summed E-state index contributed by atoms with van der Waals surface area (Å²) >= 11 is 0. The Morgan fingerprint density at radius 1 is 1.08 bits per heavy atom. The highest BCUT2D eigenvalue weighted by Crippen LogP contribution is 1.66. The van der Waals surface area contributed by atoms with Crippen molar-refractivity contribution in [2.45, 2.75) is 0 Å². The summed E-state index contributed by atoms with van der Waals surface area (Å²) in [5.41, 5.74) is 0. The van der Waals surface area contributed by atoms with E-state index in [-0.39, 0.29) is 0 Å². The molecule has 0 unspecified atom stereocenters. The molecule has 9 nitrogen and oxygen atoms in total. The average Bonchev–Trinajstić information content (AvgIpc) is 2.01. The van der Waals surface area contributed by atoms with Gasteiger partial charge in [-0.2, -0.15) is 0 Å². The molecule has 0 atom stereocenters. The van der Waals surface area contributed by atoms with Gasteiger partial charge in [0.2, 0.25) is 0 Å². The molecule has 0 fully saturated rings. The van der Waals surface area contributed by atoms with Crippen molar-refractivity contribution in [2.24, 2.45) is 10.6 Å². The Hall–Kier alpha value is -2.50. The van der Waals surface area contributed by atoms with Gasteiger partial charge in [-0.1, -0.05) is 0 Å². The lowest BCUT2D eigenvalue weighted by molar-refractivity contribution is -0.304. The number of hydrogen-bond acceptors (Lipinski definition) is 7. The second-order valence-corrected chi connectivity index (χ2v) is 1.37. The maximum Gasteiger partial charge on any atom is 0.357 e. The first-order valence-corrected chi connectivity index (χ1v) is 2.68. The molecule has 0 aliphatic carbocycles. The minimum atomic E-state index is -1.56. The number of aliphatic carboxylic acids is 2. The number of carbonyl (C=O) groups is 2. The van der Waals surface area contributed by atoms with Crippen LogP contribution in [0, 0.1) is 0 Å². The molecule has 0 aliphatic rings. The summed E-state index contributed by atoms with van der Waals surface area (Å²) in [6.45, 7) is 0. The number of carboxylic acids is 2. The van der Waals surface area contributed by atoms with Crippen molar-refractivity contribution < 1.29 is 34.3 Å². The number of rotatable bonds is 4. The zero-order chi connectivity index (χ0) is 10.1. The fourth-order valence-electron chi connectivity index (χ4n) is 0.200. The van der Waals surface area contributed by atoms with E-state index in [9.17, 15) is 19.8 Å². The van der Waals surface area contributed by atoms with E-state index in [1.807, 2.05) is 0 Å². The Bertz CT molecular complexity index is 289. The van der Waals surface area contributed by atoms with E-state index in [1.54, 1.807) is 0 Å². The predicted octanol–water partition coefficient (Wildman–Crippen LogP) is -4.20. The standard InChI is InChI=1S/C4H2N4O5/c9-3(10)1-5-7-13-8-6-2-4(11)12/h1-2H. The first-order valence-electron chi connectivity index (χ1n) is 2.68. The van der Waals surface area contributed by atoms with Crippen LogP contribution in [0.4, 0.5) is 0 Å². The van der Waals surface area contributed by atoms with Gasteiger partial charge in [-0.25, -0.2) is 0 Å². The van der Waals surface area contributed by atoms with Crippen LogP contribution in [-0.4, -0.2) is 33.9 Å². The first kappa shape index (κ1) is 10.5. The second kappa shape index (κ2) is 6.23. The molecular formula is C4H2N4O5. The van der Waals surface area contributed by atoms with Gasteiger partial charge >= 0.3 is 23.0 Å². The largest absolute Gasteiger partial charge is 0.539 e. The summed E-state index contributed by atoms with van der Waals surface area (Å²) in [4.78, 5) is 28.7. The van der Waals surface area contributed by atoms with Gasteiger partial charge < -0.3 is 19.8 Å². The van der Waals surface area contributed by atoms with E-state index >= 15 is 0 Å². The lowest BCUT2D eigenvalue weighted by Crippen LogP contribution is -2.23. The summed E-state index contributed by atoms with van der Waals surface area (Å²) in [6.07, 6.45) is 0.663. The highest BCUT2D eigenvalue weighted by molar-refractivity contribution is 6.18. The quantitative estimate of drug-likeness (QED) is 0.189. The van der Waals surface area contributed by atoms with E-state index in [0.717, 1.165) is 0 Å². The summed E-state index contributed by atoms with van der Waals surface area (Å²) in [5, 5.41) is 24.6. The van der Waals surface area contributed by atoms with Crippen LogP contribution in [0.1, 0.15) is 0 Å². The van der Waals surface area contributed by atoms with Crippen molar-refractivity contribution in [1.82, 2.24) is 0 Å². The molecule has 68 valence electrons. The van der Waals surface area contributed by atoms with Gasteiger partial charge in [-0.05, 0) is 0 Å². The molecule has 13 heavy (non-hydrogen) atoms. The van der Waals surface area contributed by atoms with E-state index in [1.165, 1.54) is 0 Å². The molecular weight excluding hydrogens is 184 g/mol. The first-order chi connectivity index (χ1) is 6.13. The van der Waals surface area contributed by atoms with Crippen LogP contribution in [0.3, 0.4) is 0 Å². The third-order valence-corrected chi connectivity index (χ3v) is 0.494. The smallest absolute Gasteiger partial charge is 0.357 e. The Balaban J connectivity index is 3.93. The van der Waals surface area contributed by atoms with Crippen LogP contribution in [-0.2, 0) is 14.5 Å². The fraction of sp³-hybridized carbons (Fsp3) is 0. The molecule has 9 heteroatoms. The molecule has 0 bridgehead atoms. The van der Waals surface area contributed by atoms with E-state index < -0.39 is 11.9 Å². The van der Waals surface area contributed by atoms with Crippen molar-refractivity contribution in [2.75, 3.05) is 0 Å². The SMILES string of the molecule is O=C([O-])C=[N+]=NON=[N+]=CC(=O)[O-]. The number of hydrogen-bond donors (Lipinski definition) is 0. The number of carboxylic acid groups (broad SMARTS) is 2. The Morgan fingerprint density at radius 3 is 1.77 bits per heavy atom. The monoisotopic (exact) mass is 186 g/mol. The van der Waals surface area contributed by atoms with E-state index in [4.69, 9.17) is 0 Å². The Morgan fingerprint density at radius 2 is 1.46 bits per heavy atom. The molecule has 0 aromatic heterocycles. The van der Waals surface area contributed by atoms with Crippen molar-refractivity contribution in [3.63, 3.8) is 0 Å². The fourth-order valence-corrected chi connectivity index (χ4v) is 0.200. The van der Waals surface area contributed by atoms with Crippen molar-refractivity contribution in [1.29, 1.82) is 0 Å². The normalized spacial score (nSPS) is 7.08. The van der Waals surface area contributed by atoms with Gasteiger partial charge in [-0.3, -0.25) is 0 Å². The van der Waals surface area contributed by atoms with Gasteiger partial charge in [0, 0.05) is 0 Å². The molecule has 0 amide bonds. The highest BCUT2D eigenvalue weighted by atomic mass is 16.8. The van der Waals surface area contributed by atoms with Crippen LogP contribution < -0.4 is 10.2 Å². The predicted molar refractivity (Wildman–Crippen MR) is 28.6 cm³/mol. The number of nitrogens with zero attached hydrogens (tertiary/aromatic N) is 4. The topological polar surface area (TPSA) is 142 Å². The van der Waals surface area contributed by atoms with Crippen LogP contribution in [0.2, 0.25) is 0 Å². The Labute approximate surface area is 70.4 Å². The lowest BCUT2D eigenvalue weighted by atomic mass is 10.8. The molecule has 0 saturated carbocycles. The maximum atomic E-state index is 9.66. The summed E-state index contributed by atoms with van der Waals surface area (Å²) in [6, 6.07) is 0. The second-order valence-electron chi connectivity index (χ2n) is 1.37. The van der Waals surface area contributed by atoms with Crippen LogP contribution >= 0.6 is 0 Å². The van der Waals surface area contributed by atoms with Gasteiger partial charge in [0.25, 0.3) is 0 Å². The molecule has 0 aromatic rings. The molecule has 0 radical (unpaired) electrons. The number of carbonyl (C=O) groups excluding carboxylic acids is 2. The minimum Gasteiger partial charge on any atom is -0.539 e. The minimum absolute atomic E-state index is 0.331. The van der Waals surface area contributed by atoms with Gasteiger partial charge in [0.05, 0.1) is 9.58 Å². The third-order valence-electron chi connectivity index (χ3n) is 0.494. The average molecular weight is 186 g/mol. The van der Waals surface area contributed by atoms with Crippen molar-refractivity contribution in [3.05, 3.63) is 0 Å². The molecule has 0 aromatic carbocycles. The van der Waals surface area contributed by atoms with Crippen molar-refractivity contribution >= 4 is 24.4 Å². The Kier molecular flexibility index (Phi) is 5.03. The maximum absolute atomic E-state index is 9.66. The zero-order valence-corrected chi connectivity index (χ0v) is 5.98. The molecule has 0 rings (SSSR count). The summed E-state index contributed by atoms with van der Waals surface area (Å²) in [7, 11) is 0. The molecule has 0 spiro atoms. The summed E-state index contributed by atoms with van der Waals surface area (Å²) in [5.74, 6) is -3.13. The molecule has 0 saturated heterocycles. The highest BCUT2D eigenvalue weighted by Gasteiger charge is 1.89. The van der Waals surface area contributed by atoms with E-state index in [2.05, 4.69) is 25.1 Å². The van der Waals surface area contributed by atoms with Crippen LogP contribution in [0.25, 0.3) is 0 Å². The van der Waals surface area contributed by atoms with Gasteiger partial charge in [0.1, 0.15) is 0 Å². The van der Waals surface area contributed by atoms with Crippen LogP contribution in [0.15, 0.2) is 10.6 Å². The van der Waals surface area contributed by atoms with Crippen LogP contribution in [0.5, 0.6) is 0 Å².